The summed E-state index contributed by atoms with van der Waals surface area (Å²) in [7, 11) is 0. The Hall–Kier alpha value is -0.610. The molecule has 4 heteroatoms. The molecule has 2 nitrogen and oxygen atoms in total. The van der Waals surface area contributed by atoms with Gasteiger partial charge in [0.25, 0.3) is 0 Å². The summed E-state index contributed by atoms with van der Waals surface area (Å²) in [6.45, 7) is 0. The standard InChI is InChI=1S/C10H10O2S.ClH/c11-10(12)6-8-5-7-3-1-2-4-9(7)13-8;/h1-5,10-12H,6H2;1H. The van der Waals surface area contributed by atoms with Crippen LogP contribution in [0.4, 0.5) is 0 Å². The van der Waals surface area contributed by atoms with Crippen molar-refractivity contribution in [3.8, 4) is 0 Å². The summed E-state index contributed by atoms with van der Waals surface area (Å²) in [6, 6.07) is 10.0. The van der Waals surface area contributed by atoms with E-state index in [1.807, 2.05) is 30.3 Å². The van der Waals surface area contributed by atoms with Gasteiger partial charge in [-0.3, -0.25) is 0 Å². The molecule has 0 aliphatic carbocycles. The third-order valence-corrected chi connectivity index (χ3v) is 3.00. The average molecular weight is 231 g/mol. The monoisotopic (exact) mass is 230 g/mol. The van der Waals surface area contributed by atoms with Crippen LogP contribution >= 0.6 is 23.7 Å². The van der Waals surface area contributed by atoms with Crippen molar-refractivity contribution < 1.29 is 10.2 Å². The van der Waals surface area contributed by atoms with E-state index < -0.39 is 6.29 Å². The minimum Gasteiger partial charge on any atom is -0.368 e. The molecular weight excluding hydrogens is 220 g/mol. The van der Waals surface area contributed by atoms with E-state index in [0.717, 1.165) is 4.88 Å². The van der Waals surface area contributed by atoms with E-state index in [-0.39, 0.29) is 12.4 Å². The van der Waals surface area contributed by atoms with Crippen molar-refractivity contribution in [1.29, 1.82) is 0 Å². The zero-order valence-corrected chi connectivity index (χ0v) is 9.02. The summed E-state index contributed by atoms with van der Waals surface area (Å²) in [4.78, 5) is 1.01. The highest BCUT2D eigenvalue weighted by molar-refractivity contribution is 7.19. The van der Waals surface area contributed by atoms with Gasteiger partial charge >= 0.3 is 0 Å². The molecule has 0 aliphatic heterocycles. The summed E-state index contributed by atoms with van der Waals surface area (Å²) >= 11 is 1.61. The highest BCUT2D eigenvalue weighted by Crippen LogP contribution is 2.25. The predicted octanol–water partition coefficient (Wildman–Crippen LogP) is 2.18. The van der Waals surface area contributed by atoms with Crippen molar-refractivity contribution in [2.75, 3.05) is 0 Å². The molecule has 0 radical (unpaired) electrons. The predicted molar refractivity (Wildman–Crippen MR) is 61.0 cm³/mol. The Morgan fingerprint density at radius 3 is 2.57 bits per heavy atom. The molecule has 2 N–H and O–H groups in total. The van der Waals surface area contributed by atoms with Crippen molar-refractivity contribution in [2.45, 2.75) is 12.7 Å². The third kappa shape index (κ3) is 2.45. The first kappa shape index (κ1) is 11.5. The molecule has 0 spiro atoms. The minimum absolute atomic E-state index is 0. The maximum atomic E-state index is 8.79. The third-order valence-electron chi connectivity index (χ3n) is 1.86. The van der Waals surface area contributed by atoms with Crippen LogP contribution in [0.5, 0.6) is 0 Å². The largest absolute Gasteiger partial charge is 0.368 e. The first-order valence-corrected chi connectivity index (χ1v) is 4.91. The number of thiophene rings is 1. The van der Waals surface area contributed by atoms with Gasteiger partial charge in [0.15, 0.2) is 6.29 Å². The quantitative estimate of drug-likeness (QED) is 0.777. The summed E-state index contributed by atoms with van der Waals surface area (Å²) < 4.78 is 1.19. The Labute approximate surface area is 92.2 Å². The van der Waals surface area contributed by atoms with Gasteiger partial charge < -0.3 is 10.2 Å². The SMILES string of the molecule is Cl.OC(O)Cc1cc2ccccc2s1. The van der Waals surface area contributed by atoms with Crippen LogP contribution in [0.2, 0.25) is 0 Å². The molecule has 2 rings (SSSR count). The highest BCUT2D eigenvalue weighted by atomic mass is 35.5. The number of rotatable bonds is 2. The average Bonchev–Trinajstić information content (AvgIpc) is 2.44. The summed E-state index contributed by atoms with van der Waals surface area (Å²) in [5.74, 6) is 0. The molecule has 0 bridgehead atoms. The lowest BCUT2D eigenvalue weighted by molar-refractivity contribution is -0.0375. The van der Waals surface area contributed by atoms with E-state index in [4.69, 9.17) is 10.2 Å². The number of aliphatic hydroxyl groups is 2. The molecule has 0 saturated carbocycles. The van der Waals surface area contributed by atoms with Crippen LogP contribution in [0.1, 0.15) is 4.88 Å². The Bertz CT molecular complexity index is 378. The summed E-state index contributed by atoms with van der Waals surface area (Å²) in [5, 5.41) is 18.8. The van der Waals surface area contributed by atoms with Crippen LogP contribution < -0.4 is 0 Å². The number of hydrogen-bond acceptors (Lipinski definition) is 3. The van der Waals surface area contributed by atoms with Gasteiger partial charge in [-0.2, -0.15) is 0 Å². The highest BCUT2D eigenvalue weighted by Gasteiger charge is 2.04. The maximum Gasteiger partial charge on any atom is 0.156 e. The van der Waals surface area contributed by atoms with Crippen LogP contribution in [0.15, 0.2) is 30.3 Å². The smallest absolute Gasteiger partial charge is 0.156 e. The van der Waals surface area contributed by atoms with Crippen molar-refractivity contribution in [3.05, 3.63) is 35.2 Å². The second-order valence-electron chi connectivity index (χ2n) is 2.94. The molecule has 14 heavy (non-hydrogen) atoms. The zero-order valence-electron chi connectivity index (χ0n) is 7.38. The van der Waals surface area contributed by atoms with Gasteiger partial charge in [0.05, 0.1) is 0 Å². The Morgan fingerprint density at radius 1 is 1.21 bits per heavy atom. The molecule has 0 fully saturated rings. The fourth-order valence-corrected chi connectivity index (χ4v) is 2.41. The van der Waals surface area contributed by atoms with Crippen LogP contribution in [0.3, 0.4) is 0 Å². The minimum atomic E-state index is -1.24. The van der Waals surface area contributed by atoms with Crippen LogP contribution in [-0.2, 0) is 6.42 Å². The maximum absolute atomic E-state index is 8.79. The second kappa shape index (κ2) is 4.75. The summed E-state index contributed by atoms with van der Waals surface area (Å²) in [5.41, 5.74) is 0. The van der Waals surface area contributed by atoms with E-state index in [2.05, 4.69) is 0 Å². The summed E-state index contributed by atoms with van der Waals surface area (Å²) in [6.07, 6.45) is -0.924. The van der Waals surface area contributed by atoms with E-state index in [9.17, 15) is 0 Å². The molecule has 0 amide bonds. The van der Waals surface area contributed by atoms with E-state index in [1.54, 1.807) is 11.3 Å². The molecule has 1 aromatic heterocycles. The zero-order chi connectivity index (χ0) is 9.26. The fraction of sp³-hybridized carbons (Fsp3) is 0.200. The van der Waals surface area contributed by atoms with Crippen LogP contribution in [0.25, 0.3) is 10.1 Å². The second-order valence-corrected chi connectivity index (χ2v) is 4.10. The van der Waals surface area contributed by atoms with E-state index >= 15 is 0 Å². The van der Waals surface area contributed by atoms with Gasteiger partial charge in [-0.15, -0.1) is 23.7 Å². The first-order valence-electron chi connectivity index (χ1n) is 4.09. The molecular formula is C10H11ClO2S. The molecule has 2 aromatic rings. The number of hydrogen-bond donors (Lipinski definition) is 2. The molecule has 0 saturated heterocycles. The van der Waals surface area contributed by atoms with Gasteiger partial charge in [0, 0.05) is 16.0 Å². The molecule has 1 aromatic carbocycles. The van der Waals surface area contributed by atoms with Crippen LogP contribution in [0, 0.1) is 0 Å². The number of aliphatic hydroxyl groups excluding tert-OH is 1. The molecule has 0 unspecified atom stereocenters. The molecule has 1 heterocycles. The van der Waals surface area contributed by atoms with Crippen LogP contribution in [-0.4, -0.2) is 16.5 Å². The topological polar surface area (TPSA) is 40.5 Å². The Balaban J connectivity index is 0.000000980. The number of benzene rings is 1. The van der Waals surface area contributed by atoms with Gasteiger partial charge in [-0.05, 0) is 17.5 Å². The van der Waals surface area contributed by atoms with E-state index in [0.29, 0.717) is 6.42 Å². The lowest BCUT2D eigenvalue weighted by Gasteiger charge is -1.97. The molecule has 0 aliphatic rings. The Morgan fingerprint density at radius 2 is 1.93 bits per heavy atom. The van der Waals surface area contributed by atoms with Crippen molar-refractivity contribution in [1.82, 2.24) is 0 Å². The van der Waals surface area contributed by atoms with Crippen molar-refractivity contribution in [2.24, 2.45) is 0 Å². The van der Waals surface area contributed by atoms with Gasteiger partial charge in [-0.1, -0.05) is 18.2 Å². The fourth-order valence-electron chi connectivity index (χ4n) is 1.32. The lowest BCUT2D eigenvalue weighted by atomic mass is 10.2. The van der Waals surface area contributed by atoms with E-state index in [1.165, 1.54) is 10.1 Å². The molecule has 0 atom stereocenters. The first-order chi connectivity index (χ1) is 6.25. The van der Waals surface area contributed by atoms with Gasteiger partial charge in [0.2, 0.25) is 0 Å². The van der Waals surface area contributed by atoms with Crippen molar-refractivity contribution >= 4 is 33.8 Å². The van der Waals surface area contributed by atoms with Crippen molar-refractivity contribution in [3.63, 3.8) is 0 Å². The Kier molecular flexibility index (Phi) is 3.89. The number of halogens is 1. The molecule has 76 valence electrons. The normalized spacial score (nSPS) is 10.5. The van der Waals surface area contributed by atoms with Gasteiger partial charge in [-0.25, -0.2) is 0 Å². The van der Waals surface area contributed by atoms with Gasteiger partial charge in [0.1, 0.15) is 0 Å². The lowest BCUT2D eigenvalue weighted by Crippen LogP contribution is -2.06. The number of fused-ring (bicyclic) bond motifs is 1.